The van der Waals surface area contributed by atoms with Gasteiger partial charge in [0.2, 0.25) is 5.91 Å². The lowest BCUT2D eigenvalue weighted by Gasteiger charge is -2.13. The van der Waals surface area contributed by atoms with Crippen molar-refractivity contribution in [3.05, 3.63) is 0 Å². The Morgan fingerprint density at radius 1 is 1.07 bits per heavy atom. The fraction of sp³-hybridized carbons (Fsp3) is 0.909. The van der Waals surface area contributed by atoms with Gasteiger partial charge in [0.1, 0.15) is 0 Å². The monoisotopic (exact) mass is 201 g/mol. The van der Waals surface area contributed by atoms with Gasteiger partial charge in [-0.1, -0.05) is 25.7 Å². The van der Waals surface area contributed by atoms with Gasteiger partial charge in [-0.15, -0.1) is 0 Å². The molecule has 0 aliphatic carbocycles. The van der Waals surface area contributed by atoms with Gasteiger partial charge in [-0.05, 0) is 12.8 Å². The number of carbonyl (C=O) groups is 1. The zero-order chi connectivity index (χ0) is 10.8. The summed E-state index contributed by atoms with van der Waals surface area (Å²) in [7, 11) is 1.84. The van der Waals surface area contributed by atoms with Gasteiger partial charge in [-0.2, -0.15) is 0 Å². The van der Waals surface area contributed by atoms with Gasteiger partial charge < -0.3 is 10.0 Å². The third-order valence-corrected chi connectivity index (χ3v) is 2.44. The van der Waals surface area contributed by atoms with Crippen molar-refractivity contribution >= 4 is 5.91 Å². The highest BCUT2D eigenvalue weighted by Crippen LogP contribution is 2.05. The van der Waals surface area contributed by atoms with Crippen molar-refractivity contribution < 1.29 is 9.90 Å². The Kier molecular flexibility index (Phi) is 8.64. The van der Waals surface area contributed by atoms with Crippen LogP contribution in [-0.2, 0) is 4.79 Å². The zero-order valence-corrected chi connectivity index (χ0v) is 9.46. The zero-order valence-electron chi connectivity index (χ0n) is 9.46. The molecule has 0 radical (unpaired) electrons. The molecule has 0 saturated heterocycles. The fourth-order valence-corrected chi connectivity index (χ4v) is 1.33. The molecule has 0 aliphatic heterocycles. The molecule has 0 rings (SSSR count). The molecule has 3 heteroatoms. The third-order valence-electron chi connectivity index (χ3n) is 2.44. The lowest BCUT2D eigenvalue weighted by Crippen LogP contribution is -2.24. The molecule has 14 heavy (non-hydrogen) atoms. The molecule has 0 aliphatic rings. The largest absolute Gasteiger partial charge is 0.396 e. The predicted octanol–water partition coefficient (Wildman–Crippen LogP) is 1.80. The summed E-state index contributed by atoms with van der Waals surface area (Å²) in [5, 5.41) is 8.56. The molecule has 0 saturated carbocycles. The minimum atomic E-state index is 0.144. The summed E-state index contributed by atoms with van der Waals surface area (Å²) in [6.07, 6.45) is 6.74. The topological polar surface area (TPSA) is 40.5 Å². The molecule has 0 unspecified atom stereocenters. The molecule has 0 fully saturated rings. The van der Waals surface area contributed by atoms with E-state index in [4.69, 9.17) is 5.11 Å². The van der Waals surface area contributed by atoms with Gasteiger partial charge in [-0.25, -0.2) is 0 Å². The molecule has 1 amide bonds. The summed E-state index contributed by atoms with van der Waals surface area (Å²) in [6.45, 7) is 2.78. The van der Waals surface area contributed by atoms with Gasteiger partial charge in [0.25, 0.3) is 0 Å². The number of amides is 1. The first kappa shape index (κ1) is 13.4. The maximum Gasteiger partial charge on any atom is 0.219 e. The van der Waals surface area contributed by atoms with Crippen molar-refractivity contribution in [2.75, 3.05) is 20.2 Å². The smallest absolute Gasteiger partial charge is 0.219 e. The van der Waals surface area contributed by atoms with Gasteiger partial charge in [0.05, 0.1) is 0 Å². The highest BCUT2D eigenvalue weighted by Gasteiger charge is 2.00. The van der Waals surface area contributed by atoms with Crippen molar-refractivity contribution in [2.45, 2.75) is 45.4 Å². The summed E-state index contributed by atoms with van der Waals surface area (Å²) < 4.78 is 0. The van der Waals surface area contributed by atoms with Crippen molar-refractivity contribution in [3.63, 3.8) is 0 Å². The van der Waals surface area contributed by atoms with Crippen LogP contribution in [0.25, 0.3) is 0 Å². The minimum Gasteiger partial charge on any atom is -0.396 e. The second-order valence-corrected chi connectivity index (χ2v) is 3.79. The molecular formula is C11H23NO2. The normalized spacial score (nSPS) is 10.2. The maximum atomic E-state index is 10.8. The number of hydrogen-bond donors (Lipinski definition) is 1. The van der Waals surface area contributed by atoms with E-state index in [1.54, 1.807) is 11.8 Å². The van der Waals surface area contributed by atoms with E-state index in [9.17, 15) is 4.79 Å². The average Bonchev–Trinajstić information content (AvgIpc) is 2.16. The van der Waals surface area contributed by atoms with Crippen molar-refractivity contribution in [1.29, 1.82) is 0 Å². The van der Waals surface area contributed by atoms with Crippen LogP contribution in [0.15, 0.2) is 0 Å². The number of nitrogens with zero attached hydrogens (tertiary/aromatic N) is 1. The van der Waals surface area contributed by atoms with Crippen LogP contribution in [0, 0.1) is 0 Å². The van der Waals surface area contributed by atoms with Crippen molar-refractivity contribution in [2.24, 2.45) is 0 Å². The molecule has 1 N–H and O–H groups in total. The van der Waals surface area contributed by atoms with Crippen LogP contribution in [0.2, 0.25) is 0 Å². The van der Waals surface area contributed by atoms with Gasteiger partial charge in [0.15, 0.2) is 0 Å². The molecule has 0 spiro atoms. The van der Waals surface area contributed by atoms with E-state index >= 15 is 0 Å². The van der Waals surface area contributed by atoms with E-state index in [0.717, 1.165) is 25.8 Å². The highest BCUT2D eigenvalue weighted by atomic mass is 16.2. The molecule has 0 aromatic heterocycles. The first-order chi connectivity index (χ1) is 6.68. The second kappa shape index (κ2) is 9.00. The SMILES string of the molecule is CC(=O)N(C)CCCCCCCCO. The molecule has 0 aromatic rings. The third kappa shape index (κ3) is 8.05. The molecule has 0 bridgehead atoms. The van der Waals surface area contributed by atoms with E-state index in [2.05, 4.69) is 0 Å². The number of carbonyl (C=O) groups excluding carboxylic acids is 1. The first-order valence-corrected chi connectivity index (χ1v) is 5.51. The number of rotatable bonds is 8. The maximum absolute atomic E-state index is 10.8. The lowest BCUT2D eigenvalue weighted by atomic mass is 10.1. The Morgan fingerprint density at radius 2 is 1.57 bits per heavy atom. The quantitative estimate of drug-likeness (QED) is 0.608. The summed E-state index contributed by atoms with van der Waals surface area (Å²) in [5.41, 5.74) is 0. The Labute approximate surface area is 87.1 Å². The summed E-state index contributed by atoms with van der Waals surface area (Å²) in [4.78, 5) is 12.6. The van der Waals surface area contributed by atoms with Gasteiger partial charge in [-0.3, -0.25) is 4.79 Å². The van der Waals surface area contributed by atoms with Crippen LogP contribution < -0.4 is 0 Å². The molecule has 84 valence electrons. The Balaban J connectivity index is 3.09. The van der Waals surface area contributed by atoms with Crippen LogP contribution >= 0.6 is 0 Å². The highest BCUT2D eigenvalue weighted by molar-refractivity contribution is 5.72. The van der Waals surface area contributed by atoms with Crippen molar-refractivity contribution in [3.8, 4) is 0 Å². The Bertz CT molecular complexity index is 148. The summed E-state index contributed by atoms with van der Waals surface area (Å²) in [6, 6.07) is 0. The van der Waals surface area contributed by atoms with Crippen LogP contribution in [0.1, 0.15) is 45.4 Å². The standard InChI is InChI=1S/C11H23NO2/c1-11(14)12(2)9-7-5-3-4-6-8-10-13/h13H,3-10H2,1-2H3. The van der Waals surface area contributed by atoms with E-state index < -0.39 is 0 Å². The number of aliphatic hydroxyl groups is 1. The summed E-state index contributed by atoms with van der Waals surface area (Å²) in [5.74, 6) is 0.144. The van der Waals surface area contributed by atoms with Gasteiger partial charge in [0, 0.05) is 27.1 Å². The fourth-order valence-electron chi connectivity index (χ4n) is 1.33. The van der Waals surface area contributed by atoms with E-state index in [0.29, 0.717) is 6.61 Å². The number of aliphatic hydroxyl groups excluding tert-OH is 1. The van der Waals surface area contributed by atoms with Crippen LogP contribution in [-0.4, -0.2) is 36.1 Å². The molecule has 0 atom stereocenters. The van der Waals surface area contributed by atoms with Crippen LogP contribution in [0.5, 0.6) is 0 Å². The van der Waals surface area contributed by atoms with Gasteiger partial charge >= 0.3 is 0 Å². The van der Waals surface area contributed by atoms with Crippen molar-refractivity contribution in [1.82, 2.24) is 4.90 Å². The lowest BCUT2D eigenvalue weighted by molar-refractivity contribution is -0.127. The second-order valence-electron chi connectivity index (χ2n) is 3.79. The molecular weight excluding hydrogens is 178 g/mol. The van der Waals surface area contributed by atoms with E-state index in [1.807, 2.05) is 7.05 Å². The minimum absolute atomic E-state index is 0.144. The molecule has 3 nitrogen and oxygen atoms in total. The molecule has 0 heterocycles. The average molecular weight is 201 g/mol. The number of hydrogen-bond acceptors (Lipinski definition) is 2. The van der Waals surface area contributed by atoms with E-state index in [1.165, 1.54) is 19.3 Å². The Morgan fingerprint density at radius 3 is 2.07 bits per heavy atom. The van der Waals surface area contributed by atoms with Crippen LogP contribution in [0.3, 0.4) is 0 Å². The predicted molar refractivity (Wildman–Crippen MR) is 58.1 cm³/mol. The Hall–Kier alpha value is -0.570. The first-order valence-electron chi connectivity index (χ1n) is 5.51. The van der Waals surface area contributed by atoms with E-state index in [-0.39, 0.29) is 5.91 Å². The molecule has 0 aromatic carbocycles. The number of unbranched alkanes of at least 4 members (excludes halogenated alkanes) is 5. The summed E-state index contributed by atoms with van der Waals surface area (Å²) >= 11 is 0. The van der Waals surface area contributed by atoms with Crippen LogP contribution in [0.4, 0.5) is 0 Å².